The van der Waals surface area contributed by atoms with E-state index in [0.717, 1.165) is 36.9 Å². The van der Waals surface area contributed by atoms with Crippen molar-refractivity contribution in [3.63, 3.8) is 0 Å². The number of hydrogen-bond donors (Lipinski definition) is 2. The number of aryl methyl sites for hydroxylation is 1. The first-order valence-corrected chi connectivity index (χ1v) is 7.06. The second-order valence-electron chi connectivity index (χ2n) is 5.26. The molecule has 1 aliphatic rings. The van der Waals surface area contributed by atoms with E-state index < -0.39 is 0 Å². The van der Waals surface area contributed by atoms with Crippen molar-refractivity contribution >= 4 is 17.5 Å². The third-order valence-corrected chi connectivity index (χ3v) is 4.19. The highest BCUT2D eigenvalue weighted by molar-refractivity contribution is 6.29. The van der Waals surface area contributed by atoms with Crippen molar-refractivity contribution in [3.8, 4) is 0 Å². The van der Waals surface area contributed by atoms with Gasteiger partial charge in [-0.3, -0.25) is 4.79 Å². The normalized spacial score (nSPS) is 17.6. The van der Waals surface area contributed by atoms with Crippen LogP contribution in [0.15, 0.2) is 4.52 Å². The van der Waals surface area contributed by atoms with Crippen LogP contribution in [0.1, 0.15) is 43.4 Å². The molecule has 6 heteroatoms. The van der Waals surface area contributed by atoms with E-state index in [1.165, 1.54) is 0 Å². The number of nitrogens with two attached hydrogens (primary N) is 1. The van der Waals surface area contributed by atoms with E-state index in [2.05, 4.69) is 10.5 Å². The number of carbonyl (C=O) groups excluding carboxylic acids is 1. The Morgan fingerprint density at radius 3 is 2.74 bits per heavy atom. The molecule has 2 rings (SSSR count). The van der Waals surface area contributed by atoms with Gasteiger partial charge in [-0.15, -0.1) is 0 Å². The first-order valence-electron chi connectivity index (χ1n) is 6.68. The summed E-state index contributed by atoms with van der Waals surface area (Å²) in [6.07, 6.45) is 5.14. The topological polar surface area (TPSA) is 81.2 Å². The summed E-state index contributed by atoms with van der Waals surface area (Å²) in [5, 5.41) is 7.13. The van der Waals surface area contributed by atoms with E-state index in [9.17, 15) is 4.79 Å². The Kier molecular flexibility index (Phi) is 4.47. The van der Waals surface area contributed by atoms with Crippen molar-refractivity contribution < 1.29 is 9.32 Å². The molecule has 3 N–H and O–H groups in total. The summed E-state index contributed by atoms with van der Waals surface area (Å²) < 4.78 is 4.87. The lowest BCUT2D eigenvalue weighted by Gasteiger charge is -2.28. The summed E-state index contributed by atoms with van der Waals surface area (Å²) in [5.74, 6) is 0.0176. The maximum absolute atomic E-state index is 12.0. The number of nitrogens with one attached hydrogen (secondary N) is 1. The molecule has 0 spiro atoms. The van der Waals surface area contributed by atoms with Crippen molar-refractivity contribution in [2.75, 3.05) is 6.54 Å². The minimum atomic E-state index is -0.190. The van der Waals surface area contributed by atoms with Crippen LogP contribution in [-0.4, -0.2) is 23.1 Å². The molecule has 0 atom stereocenters. The van der Waals surface area contributed by atoms with Gasteiger partial charge in [0.05, 0.1) is 11.2 Å². The summed E-state index contributed by atoms with van der Waals surface area (Å²) in [7, 11) is 0. The highest BCUT2D eigenvalue weighted by atomic mass is 35.5. The van der Waals surface area contributed by atoms with Crippen molar-refractivity contribution in [2.24, 2.45) is 5.73 Å². The zero-order chi connectivity index (χ0) is 13.9. The Balaban J connectivity index is 1.88. The SMILES string of the molecule is Cc1noc(Cl)c1CCC(=O)NC1(CN)CCCC1. The molecule has 0 aromatic carbocycles. The molecule has 0 saturated heterocycles. The number of carbonyl (C=O) groups is 1. The first kappa shape index (κ1) is 14.3. The van der Waals surface area contributed by atoms with Gasteiger partial charge in [0, 0.05) is 18.5 Å². The van der Waals surface area contributed by atoms with Gasteiger partial charge < -0.3 is 15.6 Å². The number of aromatic nitrogens is 1. The van der Waals surface area contributed by atoms with Crippen LogP contribution in [0.2, 0.25) is 5.22 Å². The molecule has 0 unspecified atom stereocenters. The smallest absolute Gasteiger partial charge is 0.229 e. The quantitative estimate of drug-likeness (QED) is 0.866. The lowest BCUT2D eigenvalue weighted by Crippen LogP contribution is -2.51. The van der Waals surface area contributed by atoms with Crippen LogP contribution in [0.4, 0.5) is 0 Å². The van der Waals surface area contributed by atoms with E-state index in [1.807, 2.05) is 6.92 Å². The lowest BCUT2D eigenvalue weighted by atomic mass is 9.97. The zero-order valence-electron chi connectivity index (χ0n) is 11.2. The summed E-state index contributed by atoms with van der Waals surface area (Å²) in [5.41, 5.74) is 7.16. The molecule has 1 aromatic rings. The van der Waals surface area contributed by atoms with Gasteiger partial charge in [0.15, 0.2) is 0 Å². The Morgan fingerprint density at radius 2 is 2.21 bits per heavy atom. The molecule has 1 aromatic heterocycles. The van der Waals surface area contributed by atoms with Crippen LogP contribution in [0.5, 0.6) is 0 Å². The van der Waals surface area contributed by atoms with Crippen LogP contribution in [0.3, 0.4) is 0 Å². The van der Waals surface area contributed by atoms with Gasteiger partial charge >= 0.3 is 0 Å². The monoisotopic (exact) mass is 285 g/mol. The Hall–Kier alpha value is -1.07. The number of halogens is 1. The molecule has 0 aliphatic heterocycles. The number of hydrogen-bond acceptors (Lipinski definition) is 4. The molecule has 19 heavy (non-hydrogen) atoms. The average molecular weight is 286 g/mol. The van der Waals surface area contributed by atoms with Gasteiger partial charge in [-0.1, -0.05) is 18.0 Å². The number of amides is 1. The fraction of sp³-hybridized carbons (Fsp3) is 0.692. The highest BCUT2D eigenvalue weighted by Crippen LogP contribution is 2.29. The van der Waals surface area contributed by atoms with Crippen LogP contribution >= 0.6 is 11.6 Å². The van der Waals surface area contributed by atoms with Crippen LogP contribution < -0.4 is 11.1 Å². The molecule has 1 aliphatic carbocycles. The Labute approximate surface area is 117 Å². The Morgan fingerprint density at radius 1 is 1.53 bits per heavy atom. The molecule has 0 radical (unpaired) electrons. The van der Waals surface area contributed by atoms with Crippen molar-refractivity contribution in [3.05, 3.63) is 16.5 Å². The molecule has 5 nitrogen and oxygen atoms in total. The molecule has 1 amide bonds. The van der Waals surface area contributed by atoms with Gasteiger partial charge in [0.25, 0.3) is 0 Å². The predicted molar refractivity (Wildman–Crippen MR) is 73.0 cm³/mol. The van der Waals surface area contributed by atoms with E-state index in [1.54, 1.807) is 0 Å². The molecule has 1 fully saturated rings. The molecule has 1 saturated carbocycles. The minimum Gasteiger partial charge on any atom is -0.349 e. The maximum atomic E-state index is 12.0. The fourth-order valence-electron chi connectivity index (χ4n) is 2.67. The van der Waals surface area contributed by atoms with Gasteiger partial charge in [0.1, 0.15) is 0 Å². The third kappa shape index (κ3) is 3.28. The van der Waals surface area contributed by atoms with Crippen LogP contribution in [0, 0.1) is 6.92 Å². The predicted octanol–water partition coefficient (Wildman–Crippen LogP) is 1.96. The maximum Gasteiger partial charge on any atom is 0.229 e. The lowest BCUT2D eigenvalue weighted by molar-refractivity contribution is -0.122. The highest BCUT2D eigenvalue weighted by Gasteiger charge is 2.33. The van der Waals surface area contributed by atoms with Gasteiger partial charge in [0.2, 0.25) is 11.1 Å². The van der Waals surface area contributed by atoms with Crippen LogP contribution in [0.25, 0.3) is 0 Å². The van der Waals surface area contributed by atoms with Gasteiger partial charge in [-0.2, -0.15) is 0 Å². The van der Waals surface area contributed by atoms with Gasteiger partial charge in [-0.25, -0.2) is 0 Å². The second kappa shape index (κ2) is 5.92. The largest absolute Gasteiger partial charge is 0.349 e. The second-order valence-corrected chi connectivity index (χ2v) is 5.60. The van der Waals surface area contributed by atoms with Crippen molar-refractivity contribution in [2.45, 2.75) is 51.0 Å². The van der Waals surface area contributed by atoms with E-state index in [0.29, 0.717) is 19.4 Å². The molecule has 0 bridgehead atoms. The number of rotatable bonds is 5. The molecular weight excluding hydrogens is 266 g/mol. The standard InChI is InChI=1S/C13H20ClN3O2/c1-9-10(12(14)19-17-9)4-5-11(18)16-13(8-15)6-2-3-7-13/h2-8,15H2,1H3,(H,16,18). The summed E-state index contributed by atoms with van der Waals surface area (Å²) in [6, 6.07) is 0. The Bertz CT molecular complexity index is 433. The summed E-state index contributed by atoms with van der Waals surface area (Å²) in [4.78, 5) is 12.0. The van der Waals surface area contributed by atoms with Crippen molar-refractivity contribution in [1.82, 2.24) is 10.5 Å². The molecule has 1 heterocycles. The van der Waals surface area contributed by atoms with E-state index >= 15 is 0 Å². The van der Waals surface area contributed by atoms with E-state index in [-0.39, 0.29) is 16.7 Å². The van der Waals surface area contributed by atoms with Crippen LogP contribution in [-0.2, 0) is 11.2 Å². The molecule has 106 valence electrons. The third-order valence-electron chi connectivity index (χ3n) is 3.89. The zero-order valence-corrected chi connectivity index (χ0v) is 11.9. The summed E-state index contributed by atoms with van der Waals surface area (Å²) in [6.45, 7) is 2.33. The summed E-state index contributed by atoms with van der Waals surface area (Å²) >= 11 is 5.87. The minimum absolute atomic E-state index is 0.0176. The molecular formula is C13H20ClN3O2. The fourth-order valence-corrected chi connectivity index (χ4v) is 2.93. The average Bonchev–Trinajstić information content (AvgIpc) is 2.96. The number of nitrogens with zero attached hydrogens (tertiary/aromatic N) is 1. The van der Waals surface area contributed by atoms with Crippen molar-refractivity contribution in [1.29, 1.82) is 0 Å². The van der Waals surface area contributed by atoms with E-state index in [4.69, 9.17) is 21.9 Å². The first-order chi connectivity index (χ1) is 9.06. The van der Waals surface area contributed by atoms with Gasteiger partial charge in [-0.05, 0) is 37.8 Å².